The summed E-state index contributed by atoms with van der Waals surface area (Å²) in [6.07, 6.45) is 0. The molecule has 8 nitrogen and oxygen atoms in total. The van der Waals surface area contributed by atoms with E-state index in [4.69, 9.17) is 43.0 Å². The molecule has 0 unspecified atom stereocenters. The van der Waals surface area contributed by atoms with Gasteiger partial charge in [-0.05, 0) is 87.0 Å². The van der Waals surface area contributed by atoms with Gasteiger partial charge in [0.1, 0.15) is 19.0 Å². The third-order valence-corrected chi connectivity index (χ3v) is 8.46. The summed E-state index contributed by atoms with van der Waals surface area (Å²) in [5, 5.41) is 19.1. The number of halogens is 2. The van der Waals surface area contributed by atoms with Gasteiger partial charge < -0.3 is 14.7 Å². The van der Waals surface area contributed by atoms with E-state index >= 15 is 0 Å². The molecule has 6 rings (SSSR count). The summed E-state index contributed by atoms with van der Waals surface area (Å²) in [5.74, 6) is -1.78. The largest absolute Gasteiger partial charge is 0.478 e. The summed E-state index contributed by atoms with van der Waals surface area (Å²) < 4.78 is 5.56. The van der Waals surface area contributed by atoms with Gasteiger partial charge in [0.2, 0.25) is 0 Å². The van der Waals surface area contributed by atoms with Crippen LogP contribution in [-0.4, -0.2) is 22.3 Å². The molecule has 6 aromatic rings. The van der Waals surface area contributed by atoms with Gasteiger partial charge in [-0.15, -0.1) is 0 Å². The third kappa shape index (κ3) is 8.03. The highest BCUT2D eigenvalue weighted by Gasteiger charge is 2.21. The van der Waals surface area contributed by atoms with Crippen LogP contribution in [0, 0.1) is 0 Å². The summed E-state index contributed by atoms with van der Waals surface area (Å²) in [6.45, 7) is 0.0341. The van der Waals surface area contributed by atoms with Gasteiger partial charge in [0.15, 0.2) is 5.75 Å². The first-order chi connectivity index (χ1) is 24.3. The molecular formula is C40H28Cl2O8. The molecule has 10 heteroatoms. The van der Waals surface area contributed by atoms with E-state index in [2.05, 4.69) is 4.89 Å². The number of carboxylic acid groups (broad SMARTS) is 1. The normalized spacial score (nSPS) is 10.9. The fourth-order valence-corrected chi connectivity index (χ4v) is 5.74. The number of carboxylic acids is 1. The Kier molecular flexibility index (Phi) is 10.9. The van der Waals surface area contributed by atoms with E-state index in [0.29, 0.717) is 16.7 Å². The van der Waals surface area contributed by atoms with Crippen molar-refractivity contribution >= 4 is 35.1 Å². The molecule has 0 heterocycles. The first-order valence-corrected chi connectivity index (χ1v) is 16.0. The van der Waals surface area contributed by atoms with Gasteiger partial charge in [0.05, 0.1) is 21.2 Å². The van der Waals surface area contributed by atoms with E-state index in [1.54, 1.807) is 36.4 Å². The molecule has 0 aromatic heterocycles. The molecule has 250 valence electrons. The standard InChI is InChI=1S/C40H28Cl2O8/c41-35-21-29(14-17-37(35)49-40(45)34-20-28(13-16-33(34)39(43)44)26-9-5-2-6-10-26)30-15-18-38(36(42)22-30)50-48-24-32-19-27(11-12-31(32)23-47-46)25-7-3-1-4-8-25/h1-22,46H,23-24H2,(H,43,44). The molecule has 0 saturated carbocycles. The maximum atomic E-state index is 13.2. The number of benzene rings is 6. The van der Waals surface area contributed by atoms with Crippen molar-refractivity contribution in [2.75, 3.05) is 0 Å². The van der Waals surface area contributed by atoms with Crippen LogP contribution in [0.5, 0.6) is 11.5 Å². The van der Waals surface area contributed by atoms with Gasteiger partial charge in [0.25, 0.3) is 0 Å². The Hall–Kier alpha value is -5.48. The summed E-state index contributed by atoms with van der Waals surface area (Å²) in [6, 6.07) is 39.3. The van der Waals surface area contributed by atoms with Crippen LogP contribution in [0.15, 0.2) is 133 Å². The Labute approximate surface area is 297 Å². The molecule has 0 fully saturated rings. The molecule has 0 aliphatic carbocycles. The lowest BCUT2D eigenvalue weighted by molar-refractivity contribution is -0.253. The highest BCUT2D eigenvalue weighted by molar-refractivity contribution is 6.33. The van der Waals surface area contributed by atoms with E-state index < -0.39 is 11.9 Å². The zero-order valence-corrected chi connectivity index (χ0v) is 27.7. The molecular weight excluding hydrogens is 679 g/mol. The number of ether oxygens (including phenoxy) is 1. The molecule has 0 radical (unpaired) electrons. The van der Waals surface area contributed by atoms with Crippen LogP contribution in [0.1, 0.15) is 31.8 Å². The minimum Gasteiger partial charge on any atom is -0.478 e. The molecule has 0 aliphatic heterocycles. The number of hydrogen-bond acceptors (Lipinski definition) is 7. The smallest absolute Gasteiger partial charge is 0.344 e. The first-order valence-electron chi connectivity index (χ1n) is 15.3. The quantitative estimate of drug-likeness (QED) is 0.0560. The number of esters is 1. The summed E-state index contributed by atoms with van der Waals surface area (Å²) in [4.78, 5) is 40.6. The van der Waals surface area contributed by atoms with E-state index in [9.17, 15) is 14.7 Å². The molecule has 0 spiro atoms. The lowest BCUT2D eigenvalue weighted by atomic mass is 9.99. The van der Waals surface area contributed by atoms with Gasteiger partial charge in [-0.2, -0.15) is 4.89 Å². The Balaban J connectivity index is 1.14. The topological polar surface area (TPSA) is 112 Å². The van der Waals surface area contributed by atoms with Crippen LogP contribution in [0.25, 0.3) is 33.4 Å². The van der Waals surface area contributed by atoms with E-state index in [0.717, 1.165) is 27.8 Å². The number of carbonyl (C=O) groups is 2. The summed E-state index contributed by atoms with van der Waals surface area (Å²) in [5.41, 5.74) is 6.03. The van der Waals surface area contributed by atoms with Gasteiger partial charge in [-0.25, -0.2) is 14.5 Å². The molecule has 2 N–H and O–H groups in total. The molecule has 50 heavy (non-hydrogen) atoms. The predicted molar refractivity (Wildman–Crippen MR) is 190 cm³/mol. The minimum absolute atomic E-state index is 0.0193. The highest BCUT2D eigenvalue weighted by atomic mass is 35.5. The van der Waals surface area contributed by atoms with Crippen molar-refractivity contribution in [3.8, 4) is 44.9 Å². The lowest BCUT2D eigenvalue weighted by Crippen LogP contribution is -2.14. The second kappa shape index (κ2) is 15.8. The van der Waals surface area contributed by atoms with Crippen LogP contribution in [0.2, 0.25) is 10.0 Å². The fourth-order valence-electron chi connectivity index (χ4n) is 5.31. The Morgan fingerprint density at radius 1 is 0.540 bits per heavy atom. The first kappa shape index (κ1) is 34.4. The molecule has 0 bridgehead atoms. The van der Waals surface area contributed by atoms with Crippen LogP contribution >= 0.6 is 23.2 Å². The lowest BCUT2D eigenvalue weighted by Gasteiger charge is -2.13. The van der Waals surface area contributed by atoms with Crippen LogP contribution in [0.3, 0.4) is 0 Å². The van der Waals surface area contributed by atoms with Gasteiger partial charge in [-0.1, -0.05) is 114 Å². The number of hydrogen-bond donors (Lipinski definition) is 2. The summed E-state index contributed by atoms with van der Waals surface area (Å²) >= 11 is 13.1. The molecule has 0 aliphatic rings. The average Bonchev–Trinajstić information content (AvgIpc) is 3.14. The second-order valence-corrected chi connectivity index (χ2v) is 11.9. The Morgan fingerprint density at radius 3 is 1.66 bits per heavy atom. The molecule has 6 aromatic carbocycles. The Bertz CT molecular complexity index is 2150. The van der Waals surface area contributed by atoms with Crippen LogP contribution in [0.4, 0.5) is 0 Å². The zero-order chi connectivity index (χ0) is 35.0. The molecule has 0 saturated heterocycles. The predicted octanol–water partition coefficient (Wildman–Crippen LogP) is 10.4. The maximum Gasteiger partial charge on any atom is 0.344 e. The van der Waals surface area contributed by atoms with E-state index in [1.807, 2.05) is 78.9 Å². The van der Waals surface area contributed by atoms with Crippen molar-refractivity contribution in [2.45, 2.75) is 13.2 Å². The fraction of sp³-hybridized carbons (Fsp3) is 0.0500. The molecule has 0 atom stereocenters. The third-order valence-electron chi connectivity index (χ3n) is 7.87. The Morgan fingerprint density at radius 2 is 1.08 bits per heavy atom. The monoisotopic (exact) mass is 706 g/mol. The number of aromatic carboxylic acids is 1. The van der Waals surface area contributed by atoms with Crippen molar-refractivity contribution in [3.63, 3.8) is 0 Å². The van der Waals surface area contributed by atoms with Gasteiger partial charge >= 0.3 is 11.9 Å². The minimum atomic E-state index is -1.26. The van der Waals surface area contributed by atoms with Gasteiger partial charge in [0, 0.05) is 0 Å². The van der Waals surface area contributed by atoms with Crippen molar-refractivity contribution in [2.24, 2.45) is 0 Å². The number of carbonyl (C=O) groups excluding carboxylic acids is 1. The van der Waals surface area contributed by atoms with Gasteiger partial charge in [-0.3, -0.25) is 5.26 Å². The SMILES string of the molecule is O=C(O)c1ccc(-c2ccccc2)cc1C(=O)Oc1ccc(-c2ccc(OOCc3cc(-c4ccccc4)ccc3COO)c(Cl)c2)cc1Cl. The average molecular weight is 708 g/mol. The van der Waals surface area contributed by atoms with Crippen LogP contribution in [-0.2, 0) is 23.0 Å². The van der Waals surface area contributed by atoms with Crippen molar-refractivity contribution < 1.29 is 39.4 Å². The zero-order valence-electron chi connectivity index (χ0n) is 26.2. The molecule has 0 amide bonds. The van der Waals surface area contributed by atoms with Crippen LogP contribution < -0.4 is 9.62 Å². The van der Waals surface area contributed by atoms with Crippen molar-refractivity contribution in [1.82, 2.24) is 0 Å². The van der Waals surface area contributed by atoms with Crippen molar-refractivity contribution in [3.05, 3.63) is 166 Å². The van der Waals surface area contributed by atoms with Crippen molar-refractivity contribution in [1.29, 1.82) is 0 Å². The summed E-state index contributed by atoms with van der Waals surface area (Å²) in [7, 11) is 0. The highest BCUT2D eigenvalue weighted by Crippen LogP contribution is 2.35. The van der Waals surface area contributed by atoms with E-state index in [-0.39, 0.29) is 45.9 Å². The number of rotatable bonds is 12. The van der Waals surface area contributed by atoms with E-state index in [1.165, 1.54) is 18.2 Å². The second-order valence-electron chi connectivity index (χ2n) is 11.1. The maximum absolute atomic E-state index is 13.2.